The minimum atomic E-state index is -5.08. The highest BCUT2D eigenvalue weighted by Crippen LogP contribution is 2.26. The second-order valence-electron chi connectivity index (χ2n) is 8.48. The Bertz CT molecular complexity index is 1390. The van der Waals surface area contributed by atoms with Gasteiger partial charge in [0.1, 0.15) is 6.54 Å². The number of primary amides is 1. The van der Waals surface area contributed by atoms with Crippen LogP contribution in [0.4, 0.5) is 24.5 Å². The first kappa shape index (κ1) is 32.3. The molecule has 218 valence electrons. The molecule has 0 unspecified atom stereocenters. The van der Waals surface area contributed by atoms with Crippen LogP contribution in [-0.4, -0.2) is 53.2 Å². The Morgan fingerprint density at radius 1 is 0.902 bits per heavy atom. The summed E-state index contributed by atoms with van der Waals surface area (Å²) >= 11 is 0. The highest BCUT2D eigenvalue weighted by atomic mass is 19.4. The quantitative estimate of drug-likeness (QED) is 0.275. The van der Waals surface area contributed by atoms with E-state index >= 15 is 0 Å². The van der Waals surface area contributed by atoms with Crippen LogP contribution in [0.5, 0.6) is 0 Å². The predicted molar refractivity (Wildman–Crippen MR) is 144 cm³/mol. The Balaban J connectivity index is 0.000000249. The number of nitrogens with zero attached hydrogens (tertiary/aromatic N) is 2. The minimum absolute atomic E-state index is 0.325. The molecule has 1 heterocycles. The molecular weight excluding hydrogens is 547 g/mol. The third-order valence-electron chi connectivity index (χ3n) is 5.56. The van der Waals surface area contributed by atoms with Gasteiger partial charge in [0, 0.05) is 29.9 Å². The number of fused-ring (bicyclic) bond motifs is 1. The maximum Gasteiger partial charge on any atom is 0.490 e. The highest BCUT2D eigenvalue weighted by Gasteiger charge is 2.38. The predicted octanol–water partition coefficient (Wildman–Crippen LogP) is 2.53. The molecule has 0 bridgehead atoms. The highest BCUT2D eigenvalue weighted by molar-refractivity contribution is 6.08. The molecule has 41 heavy (non-hydrogen) atoms. The van der Waals surface area contributed by atoms with Crippen molar-refractivity contribution in [1.82, 2.24) is 0 Å². The number of anilines is 2. The number of nitrogens with two attached hydrogens (primary N) is 3. The van der Waals surface area contributed by atoms with E-state index in [1.54, 1.807) is 59.6 Å². The molecule has 0 atom stereocenters. The van der Waals surface area contributed by atoms with Gasteiger partial charge in [-0.25, -0.2) is 10.6 Å². The molecular formula is C27H28F3N5O6. The standard InChI is InChI=1S/C16H16N2O3.C9H11N3O.C2HF3O2/c17-10-12-5-4-6-13(9-12)16(21)18(11-15(19)20)14-7-2-1-3-8-14;10-9(13)7-2-1-6-3-4-12(11)8(6)5-7;3-2(4,5)1(6)7/h1-9H,10-11,17H2,(H,19,20);1-2,5H,3-4,11H2,(H2,10,13);(H,6,7). The van der Waals surface area contributed by atoms with Crippen LogP contribution in [0.25, 0.3) is 0 Å². The molecule has 8 N–H and O–H groups in total. The largest absolute Gasteiger partial charge is 0.490 e. The maximum atomic E-state index is 12.6. The van der Waals surface area contributed by atoms with Gasteiger partial charge in [0.25, 0.3) is 5.91 Å². The summed E-state index contributed by atoms with van der Waals surface area (Å²) in [5.74, 6) is 1.10. The lowest BCUT2D eigenvalue weighted by Crippen LogP contribution is -2.35. The van der Waals surface area contributed by atoms with Gasteiger partial charge >= 0.3 is 18.1 Å². The number of carbonyl (C=O) groups is 4. The van der Waals surface area contributed by atoms with E-state index < -0.39 is 30.6 Å². The van der Waals surface area contributed by atoms with Gasteiger partial charge in [-0.05, 0) is 53.9 Å². The number of halogens is 3. The number of benzene rings is 3. The summed E-state index contributed by atoms with van der Waals surface area (Å²) in [4.78, 5) is 44.6. The number of hydrogen-bond acceptors (Lipinski definition) is 7. The van der Waals surface area contributed by atoms with Gasteiger partial charge in [-0.15, -0.1) is 0 Å². The monoisotopic (exact) mass is 575 g/mol. The molecule has 0 aromatic heterocycles. The number of hydrogen-bond donors (Lipinski definition) is 5. The van der Waals surface area contributed by atoms with Gasteiger partial charge in [-0.3, -0.25) is 19.3 Å². The van der Waals surface area contributed by atoms with Crippen LogP contribution in [-0.2, 0) is 22.6 Å². The number of carboxylic acid groups (broad SMARTS) is 2. The number of carboxylic acids is 2. The van der Waals surface area contributed by atoms with Gasteiger partial charge in [0.15, 0.2) is 0 Å². The zero-order chi connectivity index (χ0) is 30.7. The molecule has 3 aromatic carbocycles. The number of amides is 2. The summed E-state index contributed by atoms with van der Waals surface area (Å²) in [6.07, 6.45) is -4.15. The minimum Gasteiger partial charge on any atom is -0.480 e. The van der Waals surface area contributed by atoms with E-state index in [0.29, 0.717) is 23.4 Å². The van der Waals surface area contributed by atoms with Crippen molar-refractivity contribution >= 4 is 35.1 Å². The molecule has 0 radical (unpaired) electrons. The Kier molecular flexibility index (Phi) is 11.4. The smallest absolute Gasteiger partial charge is 0.480 e. The third kappa shape index (κ3) is 9.63. The summed E-state index contributed by atoms with van der Waals surface area (Å²) in [7, 11) is 0. The van der Waals surface area contributed by atoms with Crippen LogP contribution in [0, 0.1) is 0 Å². The first-order valence-electron chi connectivity index (χ1n) is 11.9. The second-order valence-corrected chi connectivity index (χ2v) is 8.48. The van der Waals surface area contributed by atoms with Crippen molar-refractivity contribution in [1.29, 1.82) is 0 Å². The number of hydrazine groups is 1. The Morgan fingerprint density at radius 3 is 2.07 bits per heavy atom. The molecule has 0 saturated carbocycles. The van der Waals surface area contributed by atoms with Crippen LogP contribution >= 0.6 is 0 Å². The van der Waals surface area contributed by atoms with E-state index in [0.717, 1.165) is 24.2 Å². The van der Waals surface area contributed by atoms with E-state index in [9.17, 15) is 27.6 Å². The average Bonchev–Trinajstić information content (AvgIpc) is 3.31. The van der Waals surface area contributed by atoms with E-state index in [-0.39, 0.29) is 5.91 Å². The van der Waals surface area contributed by atoms with Gasteiger partial charge in [-0.1, -0.05) is 36.4 Å². The lowest BCUT2D eigenvalue weighted by molar-refractivity contribution is -0.192. The SMILES string of the molecule is NC(=O)c1ccc2c(c1)N(N)CC2.NCc1cccc(C(=O)N(CC(=O)O)c2ccccc2)c1.O=C(O)C(F)(F)F. The molecule has 14 heteroatoms. The number of alkyl halides is 3. The number of aliphatic carboxylic acids is 2. The summed E-state index contributed by atoms with van der Waals surface area (Å²) in [5.41, 5.74) is 15.1. The Morgan fingerprint density at radius 2 is 1.54 bits per heavy atom. The van der Waals surface area contributed by atoms with Crippen LogP contribution in [0.15, 0.2) is 72.8 Å². The molecule has 4 rings (SSSR count). The lowest BCUT2D eigenvalue weighted by atomic mass is 10.1. The normalized spacial score (nSPS) is 11.7. The average molecular weight is 576 g/mol. The lowest BCUT2D eigenvalue weighted by Gasteiger charge is -2.21. The summed E-state index contributed by atoms with van der Waals surface area (Å²) < 4.78 is 31.7. The molecule has 11 nitrogen and oxygen atoms in total. The molecule has 0 aliphatic carbocycles. The Labute approximate surface area is 232 Å². The van der Waals surface area contributed by atoms with Crippen molar-refractivity contribution in [3.63, 3.8) is 0 Å². The third-order valence-corrected chi connectivity index (χ3v) is 5.56. The molecule has 3 aromatic rings. The van der Waals surface area contributed by atoms with E-state index in [4.69, 9.17) is 32.3 Å². The maximum absolute atomic E-state index is 12.6. The van der Waals surface area contributed by atoms with Crippen molar-refractivity contribution in [2.45, 2.75) is 19.1 Å². The van der Waals surface area contributed by atoms with Crippen LogP contribution < -0.4 is 27.2 Å². The van der Waals surface area contributed by atoms with Crippen LogP contribution in [0.3, 0.4) is 0 Å². The Hall–Kier alpha value is -4.95. The number of para-hydroxylation sites is 1. The van der Waals surface area contributed by atoms with Gasteiger partial charge in [0.05, 0.1) is 5.69 Å². The number of carbonyl (C=O) groups excluding carboxylic acids is 2. The van der Waals surface area contributed by atoms with Crippen molar-refractivity contribution in [3.8, 4) is 0 Å². The molecule has 0 spiro atoms. The first-order valence-corrected chi connectivity index (χ1v) is 11.9. The van der Waals surface area contributed by atoms with E-state index in [2.05, 4.69) is 0 Å². The molecule has 0 fully saturated rings. The summed E-state index contributed by atoms with van der Waals surface area (Å²) in [5, 5.41) is 17.8. The van der Waals surface area contributed by atoms with Crippen molar-refractivity contribution < 1.29 is 42.6 Å². The molecule has 2 amide bonds. The zero-order valence-corrected chi connectivity index (χ0v) is 21.5. The summed E-state index contributed by atoms with van der Waals surface area (Å²) in [6, 6.07) is 21.0. The fourth-order valence-electron chi connectivity index (χ4n) is 3.57. The topological polar surface area (TPSA) is 193 Å². The first-order chi connectivity index (χ1) is 19.2. The van der Waals surface area contributed by atoms with E-state index in [1.807, 2.05) is 18.2 Å². The molecule has 1 aliphatic heterocycles. The zero-order valence-electron chi connectivity index (χ0n) is 21.5. The van der Waals surface area contributed by atoms with E-state index in [1.165, 1.54) is 10.5 Å². The number of rotatable bonds is 6. The van der Waals surface area contributed by atoms with Crippen LogP contribution in [0.1, 0.15) is 31.8 Å². The molecule has 1 aliphatic rings. The van der Waals surface area contributed by atoms with Crippen molar-refractivity contribution in [3.05, 3.63) is 95.1 Å². The fraction of sp³-hybridized carbons (Fsp3) is 0.185. The van der Waals surface area contributed by atoms with Gasteiger partial charge < -0.3 is 26.7 Å². The van der Waals surface area contributed by atoms with Gasteiger partial charge in [0.2, 0.25) is 5.91 Å². The fourth-order valence-corrected chi connectivity index (χ4v) is 3.57. The van der Waals surface area contributed by atoms with Crippen molar-refractivity contribution in [2.24, 2.45) is 17.3 Å². The van der Waals surface area contributed by atoms with Crippen LogP contribution in [0.2, 0.25) is 0 Å². The molecule has 0 saturated heterocycles. The van der Waals surface area contributed by atoms with Crippen molar-refractivity contribution in [2.75, 3.05) is 23.0 Å². The van der Waals surface area contributed by atoms with Gasteiger partial charge in [-0.2, -0.15) is 13.2 Å². The second kappa shape index (κ2) is 14.4. The summed E-state index contributed by atoms with van der Waals surface area (Å²) in [6.45, 7) is 0.735.